The molecule has 2 aromatic rings. The van der Waals surface area contributed by atoms with Crippen molar-refractivity contribution in [2.75, 3.05) is 10.6 Å². The second kappa shape index (κ2) is 17.0. The Morgan fingerprint density at radius 1 is 0.673 bits per heavy atom. The molecule has 4 saturated carbocycles. The standard InChI is InChI=1S/C33H44N4O4.2C2HF3O2/c1-32-15-9-25(40-30(38)34-23-11-17-36(3)18-12-23)21-22(32)5-6-26-27-7-8-29(33(27,2)16-10-28(26)32)41-31(39)35-24-13-19-37(4)20-14-24;2*3-2(4,5)1(6)7/h11-14,17-20,22,25-29H,5-10,15-16,21H2,1-4H3;2*(H,6,7)/t22-,25-,26+,27+,28+,29+,32+,33+;;/m1../s1. The molecule has 4 aliphatic rings. The molecule has 4 aliphatic carbocycles. The van der Waals surface area contributed by atoms with Gasteiger partial charge < -0.3 is 29.3 Å². The van der Waals surface area contributed by atoms with E-state index in [4.69, 9.17) is 29.3 Å². The van der Waals surface area contributed by atoms with E-state index < -0.39 is 24.3 Å². The number of hydrogen-bond donors (Lipinski definition) is 2. The molecule has 6 rings (SSSR count). The van der Waals surface area contributed by atoms with Gasteiger partial charge in [-0.05, 0) is 86.9 Å². The highest BCUT2D eigenvalue weighted by molar-refractivity contribution is 5.85. The third-order valence-corrected chi connectivity index (χ3v) is 12.0. The average Bonchev–Trinajstić information content (AvgIpc) is 3.42. The maximum Gasteiger partial charge on any atom is 0.430 e. The van der Waals surface area contributed by atoms with E-state index in [1.54, 1.807) is 0 Å². The summed E-state index contributed by atoms with van der Waals surface area (Å²) in [5, 5.41) is 23.4. The molecule has 2 heterocycles. The molecule has 0 saturated heterocycles. The molecule has 0 unspecified atom stereocenters. The van der Waals surface area contributed by atoms with Crippen molar-refractivity contribution in [2.45, 2.75) is 96.2 Å². The second-order valence-electron chi connectivity index (χ2n) is 15.3. The second-order valence-corrected chi connectivity index (χ2v) is 15.3. The number of aryl methyl sites for hydroxylation is 2. The predicted molar refractivity (Wildman–Crippen MR) is 177 cm³/mol. The van der Waals surface area contributed by atoms with Gasteiger partial charge in [0.05, 0.1) is 11.4 Å². The van der Waals surface area contributed by atoms with E-state index >= 15 is 0 Å². The summed E-state index contributed by atoms with van der Waals surface area (Å²) in [7, 11) is 3.91. The van der Waals surface area contributed by atoms with Gasteiger partial charge in [0.25, 0.3) is 0 Å². The van der Waals surface area contributed by atoms with E-state index in [1.807, 2.05) is 72.3 Å². The number of carboxylic acids is 2. The maximum atomic E-state index is 12.8. The Morgan fingerprint density at radius 3 is 1.58 bits per heavy atom. The summed E-state index contributed by atoms with van der Waals surface area (Å²) in [5.41, 5.74) is 1.84. The van der Waals surface area contributed by atoms with Crippen LogP contribution in [0.3, 0.4) is 0 Å². The quantitative estimate of drug-likeness (QED) is 0.338. The SMILES string of the molecule is C[n+]1ccc(NC(=O)O[C@@H]2CC[C@@]3(C)[C@H](CC[C@@H]4[C@@H]3CC[C@]3(C)[C@@H](OC(=O)Nc5cc[n+](C)cc5)CC[C@@H]43)C2)cc1.O=C([O-])C(F)(F)F.O=C([O-])C(F)(F)F. The molecule has 0 spiro atoms. The summed E-state index contributed by atoms with van der Waals surface area (Å²) in [4.78, 5) is 43.0. The van der Waals surface area contributed by atoms with Crippen LogP contribution in [0.5, 0.6) is 0 Å². The Bertz CT molecular complexity index is 1650. The molecule has 2 aromatic heterocycles. The fraction of sp³-hybridized carbons (Fsp3) is 0.622. The number of pyridine rings is 2. The molecule has 0 radical (unpaired) electrons. The summed E-state index contributed by atoms with van der Waals surface area (Å²) in [6.45, 7) is 4.90. The Balaban J connectivity index is 0.000000410. The Kier molecular flexibility index (Phi) is 13.3. The minimum absolute atomic E-state index is 0.0202. The molecule has 0 aliphatic heterocycles. The number of ether oxygens (including phenoxy) is 2. The first-order valence-corrected chi connectivity index (χ1v) is 17.9. The van der Waals surface area contributed by atoms with Crippen molar-refractivity contribution < 1.29 is 74.3 Å². The van der Waals surface area contributed by atoms with Gasteiger partial charge in [0.1, 0.15) is 38.2 Å². The monoisotopic (exact) mass is 788 g/mol. The Labute approximate surface area is 314 Å². The summed E-state index contributed by atoms with van der Waals surface area (Å²) < 4.78 is 79.0. The first-order chi connectivity index (χ1) is 25.5. The van der Waals surface area contributed by atoms with Gasteiger partial charge in [-0.3, -0.25) is 10.6 Å². The van der Waals surface area contributed by atoms with Crippen molar-refractivity contribution in [1.29, 1.82) is 0 Å². The highest BCUT2D eigenvalue weighted by Crippen LogP contribution is 2.66. The summed E-state index contributed by atoms with van der Waals surface area (Å²) >= 11 is 0. The van der Waals surface area contributed by atoms with Gasteiger partial charge in [-0.15, -0.1) is 0 Å². The molecule has 18 heteroatoms. The van der Waals surface area contributed by atoms with Crippen LogP contribution < -0.4 is 30.0 Å². The van der Waals surface area contributed by atoms with E-state index in [1.165, 1.54) is 19.3 Å². The molecule has 0 bridgehead atoms. The fourth-order valence-corrected chi connectivity index (χ4v) is 9.22. The Morgan fingerprint density at radius 2 is 1.11 bits per heavy atom. The zero-order chi connectivity index (χ0) is 40.9. The van der Waals surface area contributed by atoms with Gasteiger partial charge in [0, 0.05) is 29.7 Å². The lowest BCUT2D eigenvalue weighted by Gasteiger charge is -2.60. The van der Waals surface area contributed by atoms with Gasteiger partial charge in [-0.25, -0.2) is 18.7 Å². The zero-order valence-electron chi connectivity index (χ0n) is 30.9. The lowest BCUT2D eigenvalue weighted by molar-refractivity contribution is -0.671. The molecule has 4 fully saturated rings. The van der Waals surface area contributed by atoms with E-state index in [0.717, 1.165) is 49.9 Å². The third-order valence-electron chi connectivity index (χ3n) is 12.0. The lowest BCUT2D eigenvalue weighted by Crippen LogP contribution is -2.55. The molecule has 8 atom stereocenters. The number of carbonyl (C=O) groups is 4. The molecule has 2 amide bonds. The van der Waals surface area contributed by atoms with Crippen LogP contribution in [0, 0.1) is 34.5 Å². The number of carboxylic acid groups (broad SMARTS) is 2. The largest absolute Gasteiger partial charge is 0.542 e. The highest BCUT2D eigenvalue weighted by Gasteiger charge is 2.61. The van der Waals surface area contributed by atoms with Crippen LogP contribution in [0.15, 0.2) is 49.1 Å². The number of alkyl halides is 6. The van der Waals surface area contributed by atoms with E-state index in [2.05, 4.69) is 24.5 Å². The number of anilines is 2. The van der Waals surface area contributed by atoms with Crippen LogP contribution in [-0.2, 0) is 33.2 Å². The molecule has 304 valence electrons. The van der Waals surface area contributed by atoms with Crippen LogP contribution in [0.25, 0.3) is 0 Å². The minimum Gasteiger partial charge on any atom is -0.542 e. The van der Waals surface area contributed by atoms with E-state index in [9.17, 15) is 35.9 Å². The number of hydrogen-bond acceptors (Lipinski definition) is 8. The van der Waals surface area contributed by atoms with Crippen LogP contribution in [0.2, 0.25) is 0 Å². The molecule has 0 aromatic carbocycles. The molecule has 55 heavy (non-hydrogen) atoms. The van der Waals surface area contributed by atoms with Crippen molar-refractivity contribution in [1.82, 2.24) is 0 Å². The van der Waals surface area contributed by atoms with Crippen LogP contribution in [0.1, 0.15) is 71.6 Å². The topological polar surface area (TPSA) is 165 Å². The van der Waals surface area contributed by atoms with Gasteiger partial charge >= 0.3 is 24.5 Å². The number of carbonyl (C=O) groups excluding carboxylic acids is 4. The Hall–Kier alpha value is -4.64. The van der Waals surface area contributed by atoms with Gasteiger partial charge in [-0.1, -0.05) is 13.8 Å². The number of aromatic nitrogens is 2. The molecule has 2 N–H and O–H groups in total. The van der Waals surface area contributed by atoms with Crippen molar-refractivity contribution in [3.63, 3.8) is 0 Å². The van der Waals surface area contributed by atoms with Gasteiger partial charge in [-0.2, -0.15) is 26.3 Å². The first-order valence-electron chi connectivity index (χ1n) is 17.9. The zero-order valence-corrected chi connectivity index (χ0v) is 30.9. The number of nitrogens with zero attached hydrogens (tertiary/aromatic N) is 2. The van der Waals surface area contributed by atoms with Crippen LogP contribution in [0.4, 0.5) is 47.3 Å². The molecular formula is C37H46F6N4O8. The highest BCUT2D eigenvalue weighted by atomic mass is 19.4. The smallest absolute Gasteiger partial charge is 0.430 e. The normalized spacial score (nSPS) is 29.6. The van der Waals surface area contributed by atoms with Crippen molar-refractivity contribution in [3.05, 3.63) is 49.1 Å². The van der Waals surface area contributed by atoms with Crippen molar-refractivity contribution in [2.24, 2.45) is 48.6 Å². The van der Waals surface area contributed by atoms with Gasteiger partial charge in [0.2, 0.25) is 0 Å². The third kappa shape index (κ3) is 10.8. The number of aliphatic carboxylic acids is 2. The maximum absolute atomic E-state index is 12.8. The summed E-state index contributed by atoms with van der Waals surface area (Å²) in [5.74, 6) is -3.46. The number of amides is 2. The molecule has 12 nitrogen and oxygen atoms in total. The number of nitrogens with one attached hydrogen (secondary N) is 2. The van der Waals surface area contributed by atoms with Gasteiger partial charge in [0.15, 0.2) is 24.8 Å². The predicted octanol–water partition coefficient (Wildman–Crippen LogP) is 4.51. The molecular weight excluding hydrogens is 742 g/mol. The van der Waals surface area contributed by atoms with Crippen LogP contribution >= 0.6 is 0 Å². The average molecular weight is 789 g/mol. The van der Waals surface area contributed by atoms with E-state index in [-0.39, 0.29) is 35.2 Å². The number of fused-ring (bicyclic) bond motifs is 5. The summed E-state index contributed by atoms with van der Waals surface area (Å²) in [6, 6.07) is 7.54. The fourth-order valence-electron chi connectivity index (χ4n) is 9.22. The lowest BCUT2D eigenvalue weighted by atomic mass is 9.45. The van der Waals surface area contributed by atoms with E-state index in [0.29, 0.717) is 23.7 Å². The van der Waals surface area contributed by atoms with Crippen LogP contribution in [-0.4, -0.2) is 48.7 Å². The summed E-state index contributed by atoms with van der Waals surface area (Å²) in [6.07, 6.45) is 6.33. The first kappa shape index (κ1) is 43.1. The minimum atomic E-state index is -5.19. The number of rotatable bonds is 4. The van der Waals surface area contributed by atoms with Crippen molar-refractivity contribution >= 4 is 35.5 Å². The number of halogens is 6. The van der Waals surface area contributed by atoms with Crippen molar-refractivity contribution in [3.8, 4) is 0 Å².